The fraction of sp³-hybridized carbons (Fsp3) is 0.391. The Morgan fingerprint density at radius 1 is 1.00 bits per heavy atom. The van der Waals surface area contributed by atoms with Gasteiger partial charge in [-0.1, -0.05) is 67.1 Å². The van der Waals surface area contributed by atoms with Gasteiger partial charge in [-0.2, -0.15) is 0 Å². The van der Waals surface area contributed by atoms with E-state index in [4.69, 9.17) is 4.74 Å². The van der Waals surface area contributed by atoms with Crippen molar-refractivity contribution in [2.45, 2.75) is 39.7 Å². The SMILES string of the molecule is COC(=O)C(C)CN(C(=O)CCc1ccc(C)cc1)C(C)c1ccccc1. The maximum absolute atomic E-state index is 13.0. The third-order valence-electron chi connectivity index (χ3n) is 4.89. The molecule has 0 aliphatic rings. The van der Waals surface area contributed by atoms with Crippen LogP contribution in [0.4, 0.5) is 0 Å². The molecule has 1 amide bonds. The molecule has 0 aliphatic carbocycles. The summed E-state index contributed by atoms with van der Waals surface area (Å²) in [6.07, 6.45) is 1.10. The number of benzene rings is 2. The van der Waals surface area contributed by atoms with Gasteiger partial charge in [-0.25, -0.2) is 0 Å². The van der Waals surface area contributed by atoms with E-state index in [2.05, 4.69) is 24.3 Å². The summed E-state index contributed by atoms with van der Waals surface area (Å²) >= 11 is 0. The number of ether oxygens (including phenoxy) is 1. The molecule has 144 valence electrons. The van der Waals surface area contributed by atoms with E-state index >= 15 is 0 Å². The summed E-state index contributed by atoms with van der Waals surface area (Å²) < 4.78 is 4.84. The number of amides is 1. The Balaban J connectivity index is 2.13. The number of methoxy groups -OCH3 is 1. The molecule has 0 aliphatic heterocycles. The van der Waals surface area contributed by atoms with Gasteiger partial charge >= 0.3 is 5.97 Å². The zero-order valence-corrected chi connectivity index (χ0v) is 16.6. The van der Waals surface area contributed by atoms with Crippen LogP contribution < -0.4 is 0 Å². The van der Waals surface area contributed by atoms with Crippen molar-refractivity contribution in [1.82, 2.24) is 4.90 Å². The van der Waals surface area contributed by atoms with Crippen LogP contribution in [0.1, 0.15) is 43.0 Å². The molecule has 4 heteroatoms. The molecule has 0 spiro atoms. The van der Waals surface area contributed by atoms with Gasteiger partial charge in [0.05, 0.1) is 19.1 Å². The van der Waals surface area contributed by atoms with Gasteiger partial charge in [0.2, 0.25) is 5.91 Å². The molecule has 0 saturated carbocycles. The highest BCUT2D eigenvalue weighted by Crippen LogP contribution is 2.23. The average molecular weight is 367 g/mol. The lowest BCUT2D eigenvalue weighted by Gasteiger charge is -2.31. The molecule has 2 aromatic carbocycles. The van der Waals surface area contributed by atoms with E-state index < -0.39 is 0 Å². The van der Waals surface area contributed by atoms with E-state index in [0.29, 0.717) is 19.4 Å². The predicted octanol–water partition coefficient (Wildman–Crippen LogP) is 4.33. The molecule has 0 radical (unpaired) electrons. The maximum atomic E-state index is 13.0. The molecule has 4 nitrogen and oxygen atoms in total. The topological polar surface area (TPSA) is 46.6 Å². The molecule has 0 aromatic heterocycles. The van der Waals surface area contributed by atoms with E-state index in [9.17, 15) is 9.59 Å². The number of esters is 1. The van der Waals surface area contributed by atoms with Gasteiger partial charge in [-0.3, -0.25) is 9.59 Å². The highest BCUT2D eigenvalue weighted by molar-refractivity contribution is 5.78. The van der Waals surface area contributed by atoms with E-state index in [0.717, 1.165) is 11.1 Å². The zero-order chi connectivity index (χ0) is 19.8. The van der Waals surface area contributed by atoms with Crippen LogP contribution in [-0.4, -0.2) is 30.4 Å². The molecule has 2 atom stereocenters. The van der Waals surface area contributed by atoms with Crippen LogP contribution in [0, 0.1) is 12.8 Å². The largest absolute Gasteiger partial charge is 0.469 e. The monoisotopic (exact) mass is 367 g/mol. The molecular weight excluding hydrogens is 338 g/mol. The molecule has 0 heterocycles. The summed E-state index contributed by atoms with van der Waals surface area (Å²) in [6, 6.07) is 18.0. The lowest BCUT2D eigenvalue weighted by molar-refractivity contribution is -0.147. The van der Waals surface area contributed by atoms with Gasteiger partial charge in [-0.05, 0) is 31.4 Å². The van der Waals surface area contributed by atoms with Crippen molar-refractivity contribution in [3.05, 3.63) is 71.3 Å². The first-order valence-corrected chi connectivity index (χ1v) is 9.40. The summed E-state index contributed by atoms with van der Waals surface area (Å²) in [7, 11) is 1.38. The Hall–Kier alpha value is -2.62. The van der Waals surface area contributed by atoms with Crippen molar-refractivity contribution in [2.24, 2.45) is 5.92 Å². The molecular formula is C23H29NO3. The van der Waals surface area contributed by atoms with E-state index in [1.165, 1.54) is 12.7 Å². The Morgan fingerprint density at radius 2 is 1.63 bits per heavy atom. The lowest BCUT2D eigenvalue weighted by atomic mass is 10.0. The highest BCUT2D eigenvalue weighted by Gasteiger charge is 2.26. The van der Waals surface area contributed by atoms with Crippen molar-refractivity contribution in [3.63, 3.8) is 0 Å². The van der Waals surface area contributed by atoms with Crippen LogP contribution in [0.5, 0.6) is 0 Å². The minimum Gasteiger partial charge on any atom is -0.469 e. The highest BCUT2D eigenvalue weighted by atomic mass is 16.5. The minimum absolute atomic E-state index is 0.0441. The molecule has 27 heavy (non-hydrogen) atoms. The van der Waals surface area contributed by atoms with Crippen LogP contribution in [0.2, 0.25) is 0 Å². The molecule has 0 N–H and O–H groups in total. The third kappa shape index (κ3) is 5.95. The van der Waals surface area contributed by atoms with Crippen molar-refractivity contribution in [2.75, 3.05) is 13.7 Å². The second-order valence-corrected chi connectivity index (χ2v) is 7.04. The molecule has 2 aromatic rings. The number of hydrogen-bond acceptors (Lipinski definition) is 3. The Kier molecular flexibility index (Phi) is 7.59. The van der Waals surface area contributed by atoms with Gasteiger partial charge in [-0.15, -0.1) is 0 Å². The summed E-state index contributed by atoms with van der Waals surface area (Å²) in [5.41, 5.74) is 3.40. The standard InChI is InChI=1S/C23H29NO3/c1-17-10-12-20(13-11-17)14-15-22(25)24(16-18(2)23(26)27-4)19(3)21-8-6-5-7-9-21/h5-13,18-19H,14-16H2,1-4H3. The minimum atomic E-state index is -0.371. The average Bonchev–Trinajstić information content (AvgIpc) is 2.70. The van der Waals surface area contributed by atoms with Crippen LogP contribution in [0.3, 0.4) is 0 Å². The van der Waals surface area contributed by atoms with Crippen LogP contribution in [0.15, 0.2) is 54.6 Å². The van der Waals surface area contributed by atoms with Crippen molar-refractivity contribution < 1.29 is 14.3 Å². The summed E-state index contributed by atoms with van der Waals surface area (Å²) in [5.74, 6) is -0.626. The van der Waals surface area contributed by atoms with E-state index in [1.54, 1.807) is 11.8 Å². The van der Waals surface area contributed by atoms with Crippen LogP contribution >= 0.6 is 0 Å². The third-order valence-corrected chi connectivity index (χ3v) is 4.89. The second-order valence-electron chi connectivity index (χ2n) is 7.04. The van der Waals surface area contributed by atoms with Gasteiger partial charge in [0.15, 0.2) is 0 Å². The van der Waals surface area contributed by atoms with Crippen LogP contribution in [0.25, 0.3) is 0 Å². The molecule has 0 saturated heterocycles. The molecule has 0 fully saturated rings. The first kappa shape index (κ1) is 20.7. The fourth-order valence-corrected chi connectivity index (χ4v) is 3.11. The van der Waals surface area contributed by atoms with Gasteiger partial charge < -0.3 is 9.64 Å². The molecule has 2 rings (SSSR count). The van der Waals surface area contributed by atoms with Gasteiger partial charge in [0.25, 0.3) is 0 Å². The first-order valence-electron chi connectivity index (χ1n) is 9.40. The molecule has 0 bridgehead atoms. The van der Waals surface area contributed by atoms with E-state index in [-0.39, 0.29) is 23.8 Å². The van der Waals surface area contributed by atoms with E-state index in [1.807, 2.05) is 44.2 Å². The Morgan fingerprint density at radius 3 is 2.22 bits per heavy atom. The number of carbonyl (C=O) groups is 2. The molecule has 2 unspecified atom stereocenters. The number of hydrogen-bond donors (Lipinski definition) is 0. The predicted molar refractivity (Wildman–Crippen MR) is 107 cm³/mol. The summed E-state index contributed by atoms with van der Waals surface area (Å²) in [5, 5.41) is 0. The van der Waals surface area contributed by atoms with Gasteiger partial charge in [0.1, 0.15) is 0 Å². The quantitative estimate of drug-likeness (QED) is 0.653. The summed E-state index contributed by atoms with van der Waals surface area (Å²) in [6.45, 7) is 6.19. The van der Waals surface area contributed by atoms with Crippen molar-refractivity contribution >= 4 is 11.9 Å². The Bertz CT molecular complexity index is 740. The maximum Gasteiger partial charge on any atom is 0.310 e. The first-order chi connectivity index (χ1) is 12.9. The lowest BCUT2D eigenvalue weighted by Crippen LogP contribution is -2.39. The van der Waals surface area contributed by atoms with Crippen molar-refractivity contribution in [1.29, 1.82) is 0 Å². The number of rotatable bonds is 8. The number of aryl methyl sites for hydroxylation is 2. The van der Waals surface area contributed by atoms with Gasteiger partial charge in [0, 0.05) is 13.0 Å². The smallest absolute Gasteiger partial charge is 0.310 e. The zero-order valence-electron chi connectivity index (χ0n) is 16.6. The number of carbonyl (C=O) groups excluding carboxylic acids is 2. The second kappa shape index (κ2) is 9.91. The summed E-state index contributed by atoms with van der Waals surface area (Å²) in [4.78, 5) is 26.7. The van der Waals surface area contributed by atoms with Crippen molar-refractivity contribution in [3.8, 4) is 0 Å². The Labute approximate surface area is 162 Å². The normalized spacial score (nSPS) is 12.9. The fourth-order valence-electron chi connectivity index (χ4n) is 3.11. The van der Waals surface area contributed by atoms with Crippen LogP contribution in [-0.2, 0) is 20.7 Å². The number of nitrogens with zero attached hydrogens (tertiary/aromatic N) is 1.